The topological polar surface area (TPSA) is 389 Å². The number of fused-ring (bicyclic) bond motifs is 4. The average molecular weight is 1820 g/mol. The van der Waals surface area contributed by atoms with Gasteiger partial charge in [0.1, 0.15) is 21.4 Å². The number of carbonyl (C=O) groups is 3. The number of aryl methyl sites for hydroxylation is 3. The molecule has 0 saturated heterocycles. The zero-order chi connectivity index (χ0) is 88.9. The monoisotopic (exact) mass is 1810 g/mol. The van der Waals surface area contributed by atoms with E-state index in [9.17, 15) is 44.8 Å². The molecule has 1 unspecified atom stereocenters. The Hall–Kier alpha value is -11.1. The van der Waals surface area contributed by atoms with E-state index in [2.05, 4.69) is 95.0 Å². The maximum Gasteiger partial charge on any atom is 0.360 e. The molecule has 6 amide bonds. The number of hydrogen-bond donors (Lipinski definition) is 9. The van der Waals surface area contributed by atoms with Crippen molar-refractivity contribution in [1.82, 2.24) is 20.9 Å². The van der Waals surface area contributed by atoms with E-state index in [0.29, 0.717) is 59.4 Å². The molecule has 652 valence electrons. The summed E-state index contributed by atoms with van der Waals surface area (Å²) in [4.78, 5) is 52.1. The van der Waals surface area contributed by atoms with E-state index < -0.39 is 30.5 Å². The quantitative estimate of drug-likeness (QED) is 0.00504. The Morgan fingerprint density at radius 1 is 0.504 bits per heavy atom. The van der Waals surface area contributed by atoms with Gasteiger partial charge in [-0.1, -0.05) is 156 Å². The summed E-state index contributed by atoms with van der Waals surface area (Å²) in [5.41, 5.74) is 12.0. The summed E-state index contributed by atoms with van der Waals surface area (Å²) in [6, 6.07) is 78.6. The number of halogens is 4. The Balaban J connectivity index is 0.000000227. The minimum atomic E-state index is -4.33. The molecule has 0 radical (unpaired) electrons. The summed E-state index contributed by atoms with van der Waals surface area (Å²) in [5, 5.41) is 39.9. The molecule has 0 bridgehead atoms. The van der Waals surface area contributed by atoms with Gasteiger partial charge in [-0.3, -0.25) is 4.18 Å². The Morgan fingerprint density at radius 3 is 1.34 bits per heavy atom. The lowest BCUT2D eigenvalue weighted by atomic mass is 10.1. The van der Waals surface area contributed by atoms with Crippen molar-refractivity contribution < 1.29 is 76.8 Å². The molecule has 0 saturated carbocycles. The van der Waals surface area contributed by atoms with Crippen molar-refractivity contribution in [1.29, 1.82) is 0 Å². The summed E-state index contributed by atoms with van der Waals surface area (Å²) in [7, 11) is -2.89. The third-order valence-electron chi connectivity index (χ3n) is 16.9. The predicted molar refractivity (Wildman–Crippen MR) is 488 cm³/mol. The lowest BCUT2D eigenvalue weighted by molar-refractivity contribution is -0.683. The van der Waals surface area contributed by atoms with Crippen LogP contribution in [0.2, 0.25) is 15.1 Å². The molecule has 10 N–H and O–H groups in total. The first-order chi connectivity index (χ1) is 59.3. The van der Waals surface area contributed by atoms with Crippen molar-refractivity contribution in [3.8, 4) is 5.75 Å². The fraction of sp³-hybridized carbons (Fsp3) is 0.244. The molecule has 0 spiro atoms. The number of isocyanates is 1. The molecule has 123 heavy (non-hydrogen) atoms. The van der Waals surface area contributed by atoms with Crippen LogP contribution in [0.1, 0.15) is 88.8 Å². The Kier molecular flexibility index (Phi) is 46.9. The van der Waals surface area contributed by atoms with Gasteiger partial charge in [0, 0.05) is 95.1 Å². The molecule has 0 fully saturated rings. The third kappa shape index (κ3) is 41.5. The fourth-order valence-corrected chi connectivity index (χ4v) is 13.1. The second-order valence-corrected chi connectivity index (χ2v) is 32.5. The maximum atomic E-state index is 11.9. The molecule has 2 aromatic heterocycles. The van der Waals surface area contributed by atoms with E-state index in [1.807, 2.05) is 147 Å². The number of hydrogen-bond acceptors (Lipinski definition) is 19. The molecule has 13 rings (SSSR count). The van der Waals surface area contributed by atoms with Crippen LogP contribution in [0, 0.1) is 13.8 Å². The van der Waals surface area contributed by atoms with Gasteiger partial charge in [-0.05, 0) is 238 Å². The highest BCUT2D eigenvalue weighted by atomic mass is 35.7. The second-order valence-electron chi connectivity index (χ2n) is 26.5. The molecule has 2 heterocycles. The molecule has 0 aliphatic heterocycles. The van der Waals surface area contributed by atoms with E-state index in [-0.39, 0.29) is 34.5 Å². The van der Waals surface area contributed by atoms with Crippen LogP contribution in [0.3, 0.4) is 0 Å². The lowest BCUT2D eigenvalue weighted by Crippen LogP contribution is -2.35. The van der Waals surface area contributed by atoms with Crippen LogP contribution in [-0.4, -0.2) is 111 Å². The van der Waals surface area contributed by atoms with Crippen molar-refractivity contribution in [2.75, 3.05) is 62.0 Å². The number of rotatable bonds is 30. The predicted octanol–water partition coefficient (Wildman–Crippen LogP) is 20.0. The number of aliphatic hydroxyl groups is 2. The van der Waals surface area contributed by atoms with E-state index in [1.54, 1.807) is 36.4 Å². The van der Waals surface area contributed by atoms with Crippen LogP contribution in [0.4, 0.5) is 37.1 Å². The molecule has 13 aromatic rings. The zero-order valence-corrected chi connectivity index (χ0v) is 73.3. The summed E-state index contributed by atoms with van der Waals surface area (Å²) in [5.74, 6) is 2.08. The number of benzene rings is 11. The lowest BCUT2D eigenvalue weighted by Gasteiger charge is -2.07. The SMILES string of the molecule is Cc1nc2cc3ccccc3cc2o1.Cc1oc2cc3ccccc3cc2[n+]1CCCCCNC(=O)Nc1ccccc1.NCCCCCO.O=C(NCCCCCO)Nc1ccccc1.O=C(NCCCCCOS(=O)Oc1ccc(Cl)cc1)Nc1ccccc1.O=C=Nc1ccccc1.O=S(=O)(Cl)c1ccc(Cl)cc1.O=S(=O)([O-])c1ccc(Cl)cc1. The van der Waals surface area contributed by atoms with Crippen LogP contribution in [0.15, 0.2) is 291 Å². The zero-order valence-electron chi connectivity index (χ0n) is 67.8. The molecule has 33 heteroatoms. The first-order valence-electron chi connectivity index (χ1n) is 39.2. The van der Waals surface area contributed by atoms with Gasteiger partial charge in [-0.25, -0.2) is 41.0 Å². The van der Waals surface area contributed by atoms with Crippen molar-refractivity contribution in [2.24, 2.45) is 10.7 Å². The molecular formula is C90H100Cl4N10O16S3. The smallest absolute Gasteiger partial charge is 0.360 e. The molecule has 11 aromatic carbocycles. The van der Waals surface area contributed by atoms with Crippen LogP contribution in [0.5, 0.6) is 5.75 Å². The summed E-state index contributed by atoms with van der Waals surface area (Å²) in [6.45, 7) is 8.24. The van der Waals surface area contributed by atoms with E-state index in [1.165, 1.54) is 76.2 Å². The van der Waals surface area contributed by atoms with Crippen LogP contribution in [-0.2, 0) is 46.1 Å². The Labute approximate surface area is 738 Å². The van der Waals surface area contributed by atoms with Crippen LogP contribution in [0.25, 0.3) is 43.7 Å². The molecule has 0 aliphatic rings. The number of unbranched alkanes of at least 4 members (excludes halogenated alkanes) is 8. The number of anilines is 3. The largest absolute Gasteiger partial charge is 0.744 e. The number of nitrogens with zero attached hydrogens (tertiary/aromatic N) is 3. The van der Waals surface area contributed by atoms with Gasteiger partial charge in [0.2, 0.25) is 11.7 Å². The number of urea groups is 3. The number of aliphatic hydroxyl groups excluding tert-OH is 2. The van der Waals surface area contributed by atoms with E-state index in [4.69, 9.17) is 78.6 Å². The number of carbonyl (C=O) groups excluding carboxylic acids is 4. The number of oxazole rings is 2. The Morgan fingerprint density at radius 2 is 0.902 bits per heavy atom. The van der Waals surface area contributed by atoms with Crippen molar-refractivity contribution in [3.05, 3.63) is 294 Å². The van der Waals surface area contributed by atoms with Gasteiger partial charge in [0.15, 0.2) is 18.0 Å². The summed E-state index contributed by atoms with van der Waals surface area (Å²) in [6.07, 6.45) is 12.5. The third-order valence-corrected chi connectivity index (χ3v) is 20.6. The van der Waals surface area contributed by atoms with Crippen molar-refractivity contribution >= 4 is 167 Å². The van der Waals surface area contributed by atoms with Gasteiger partial charge < -0.3 is 65.4 Å². The number of nitrogens with one attached hydrogen (secondary N) is 6. The number of nitrogens with two attached hydrogens (primary N) is 1. The summed E-state index contributed by atoms with van der Waals surface area (Å²) < 4.78 is 87.9. The standard InChI is InChI=1S/C24H25N3O2.C18H21ClN2O4S.C12H18N2O2.C12H9NO.C7H5NO.C6H4Cl2O2S.C6H5ClO3S.C5H13NO/c1-18-27(22-16-19-10-6-7-11-20(19)17-23(22)29-18)15-9-3-8-14-25-24(28)26-21-12-4-2-5-13-21;19-15-9-11-17(12-10-15)25-26(23)24-14-6-2-5-13-20-18(22)21-16-7-3-1-4-8-16;15-10-6-2-5-9-13-12(16)14-11-7-3-1-4-8-11;1-8-13-11-6-9-4-2-3-5-10(9)7-12(11)14-8;9-6-8-7-4-2-1-3-5-7;2*7-5-1-3-6(4-2-5)11(8,9)10;6-4-2-1-3-5-7/h2,4-7,10-13,16-17H,3,8-9,14-15H2,1H3,(H-,25,26,28);1,3-4,7-12H,2,5-6,13-14H2,(H2,20,21,22);1,3-4,7-8,15H,2,5-6,9-10H2,(H2,13,14,16);2-7H,1H3;1-5H;1-4H;1-4H,(H,8,9,10);7H,1-6H2. The van der Waals surface area contributed by atoms with Crippen LogP contribution < -0.4 is 46.4 Å². The van der Waals surface area contributed by atoms with Gasteiger partial charge in [-0.2, -0.15) is 13.8 Å². The van der Waals surface area contributed by atoms with Gasteiger partial charge >= 0.3 is 35.3 Å². The number of aliphatic imine (C=N–C) groups is 1. The van der Waals surface area contributed by atoms with Gasteiger partial charge in [0.05, 0.1) is 29.0 Å². The number of para-hydroxylation sites is 4. The van der Waals surface area contributed by atoms with Gasteiger partial charge in [-0.15, -0.1) is 0 Å². The van der Waals surface area contributed by atoms with Crippen molar-refractivity contribution in [3.63, 3.8) is 0 Å². The minimum Gasteiger partial charge on any atom is -0.744 e. The van der Waals surface area contributed by atoms with Crippen LogP contribution >= 0.6 is 45.5 Å². The highest BCUT2D eigenvalue weighted by molar-refractivity contribution is 8.13. The molecule has 0 aliphatic carbocycles. The first kappa shape index (κ1) is 101. The average Bonchev–Trinajstić information content (AvgIpc) is 1.65. The molecular weight excluding hydrogens is 1720 g/mol. The Bertz CT molecular complexity index is 5450. The first-order valence-corrected chi connectivity index (χ1v) is 45.0. The van der Waals surface area contributed by atoms with Gasteiger partial charge in [0.25, 0.3) is 14.6 Å². The van der Waals surface area contributed by atoms with E-state index in [0.717, 1.165) is 141 Å². The molecule has 26 nitrogen and oxygen atoms in total. The number of aromatic nitrogens is 2. The molecule has 1 atom stereocenters. The van der Waals surface area contributed by atoms with E-state index >= 15 is 0 Å². The second kappa shape index (κ2) is 57.3. The summed E-state index contributed by atoms with van der Waals surface area (Å²) >= 11 is 14.9. The maximum absolute atomic E-state index is 11.9. The van der Waals surface area contributed by atoms with Crippen molar-refractivity contribution in [2.45, 2.75) is 107 Å². The highest BCUT2D eigenvalue weighted by Crippen LogP contribution is 2.26. The fourth-order valence-electron chi connectivity index (χ4n) is 10.9. The minimum absolute atomic E-state index is 0.0589. The highest BCUT2D eigenvalue weighted by Gasteiger charge is 2.20. The number of amides is 6. The normalized spacial score (nSPS) is 10.8.